The summed E-state index contributed by atoms with van der Waals surface area (Å²) >= 11 is 15.2. The summed E-state index contributed by atoms with van der Waals surface area (Å²) in [6, 6.07) is 9.52. The van der Waals surface area contributed by atoms with E-state index in [1.54, 1.807) is 24.3 Å². The van der Waals surface area contributed by atoms with Crippen molar-refractivity contribution in [2.75, 3.05) is 0 Å². The van der Waals surface area contributed by atoms with Gasteiger partial charge in [0, 0.05) is 11.6 Å². The SMILES string of the molecule is O=[N+]([O-])c1ccc(Br)c(OCc2cccc(Cl)c2Cl)c1. The Morgan fingerprint density at radius 2 is 2.00 bits per heavy atom. The van der Waals surface area contributed by atoms with Crippen LogP contribution >= 0.6 is 39.1 Å². The predicted octanol–water partition coefficient (Wildman–Crippen LogP) is 5.24. The first-order valence-corrected chi connectivity index (χ1v) is 7.03. The van der Waals surface area contributed by atoms with E-state index >= 15 is 0 Å². The van der Waals surface area contributed by atoms with Gasteiger partial charge in [0.25, 0.3) is 5.69 Å². The maximum Gasteiger partial charge on any atom is 0.273 e. The van der Waals surface area contributed by atoms with Crippen molar-refractivity contribution >= 4 is 44.8 Å². The monoisotopic (exact) mass is 375 g/mol. The Morgan fingerprint density at radius 1 is 1.25 bits per heavy atom. The third kappa shape index (κ3) is 3.42. The van der Waals surface area contributed by atoms with Crippen LogP contribution in [0, 0.1) is 10.1 Å². The number of hydrogen-bond acceptors (Lipinski definition) is 3. The van der Waals surface area contributed by atoms with Crippen LogP contribution in [-0.2, 0) is 6.61 Å². The number of halogens is 3. The summed E-state index contributed by atoms with van der Waals surface area (Å²) in [5.74, 6) is 0.371. The highest BCUT2D eigenvalue weighted by Gasteiger charge is 2.11. The second kappa shape index (κ2) is 6.43. The van der Waals surface area contributed by atoms with Crippen molar-refractivity contribution in [2.45, 2.75) is 6.61 Å². The molecule has 0 bridgehead atoms. The molecule has 0 fully saturated rings. The van der Waals surface area contributed by atoms with Crippen LogP contribution in [-0.4, -0.2) is 4.92 Å². The lowest BCUT2D eigenvalue weighted by molar-refractivity contribution is -0.385. The predicted molar refractivity (Wildman–Crippen MR) is 81.6 cm³/mol. The molecule has 0 saturated carbocycles. The minimum absolute atomic E-state index is 0.0413. The van der Waals surface area contributed by atoms with Crippen molar-refractivity contribution in [3.63, 3.8) is 0 Å². The highest BCUT2D eigenvalue weighted by atomic mass is 79.9. The Balaban J connectivity index is 2.20. The van der Waals surface area contributed by atoms with E-state index in [1.807, 2.05) is 0 Å². The molecule has 2 rings (SSSR count). The highest BCUT2D eigenvalue weighted by molar-refractivity contribution is 9.10. The van der Waals surface area contributed by atoms with Crippen LogP contribution in [0.25, 0.3) is 0 Å². The average molecular weight is 377 g/mol. The smallest absolute Gasteiger partial charge is 0.273 e. The van der Waals surface area contributed by atoms with E-state index in [4.69, 9.17) is 27.9 Å². The van der Waals surface area contributed by atoms with Crippen LogP contribution in [0.5, 0.6) is 5.75 Å². The van der Waals surface area contributed by atoms with E-state index in [2.05, 4.69) is 15.9 Å². The molecule has 7 heteroatoms. The first kappa shape index (κ1) is 15.1. The standard InChI is InChI=1S/C13H8BrCl2NO3/c14-10-5-4-9(17(18)19)6-12(10)20-7-8-2-1-3-11(15)13(8)16/h1-6H,7H2. The van der Waals surface area contributed by atoms with Crippen LogP contribution in [0.2, 0.25) is 10.0 Å². The maximum atomic E-state index is 10.7. The number of rotatable bonds is 4. The minimum atomic E-state index is -0.480. The zero-order valence-electron chi connectivity index (χ0n) is 9.98. The molecule has 0 aliphatic heterocycles. The molecule has 0 saturated heterocycles. The van der Waals surface area contributed by atoms with Gasteiger partial charge in [-0.05, 0) is 28.1 Å². The van der Waals surface area contributed by atoms with Crippen LogP contribution in [0.3, 0.4) is 0 Å². The largest absolute Gasteiger partial charge is 0.487 e. The zero-order valence-corrected chi connectivity index (χ0v) is 13.1. The van der Waals surface area contributed by atoms with Crippen molar-refractivity contribution in [1.82, 2.24) is 0 Å². The third-order valence-corrected chi connectivity index (χ3v) is 4.05. The molecule has 0 aliphatic carbocycles. The molecule has 0 N–H and O–H groups in total. The second-order valence-corrected chi connectivity index (χ2v) is 5.51. The summed E-state index contributed by atoms with van der Waals surface area (Å²) in [5.41, 5.74) is 0.665. The average Bonchev–Trinajstić information content (AvgIpc) is 2.41. The summed E-state index contributed by atoms with van der Waals surface area (Å²) < 4.78 is 6.18. The van der Waals surface area contributed by atoms with Gasteiger partial charge in [0.15, 0.2) is 0 Å². The number of non-ortho nitro benzene ring substituents is 1. The van der Waals surface area contributed by atoms with Gasteiger partial charge in [0.05, 0.1) is 25.5 Å². The number of nitro benzene ring substituents is 1. The van der Waals surface area contributed by atoms with Gasteiger partial charge < -0.3 is 4.74 Å². The molecular formula is C13H8BrCl2NO3. The van der Waals surface area contributed by atoms with E-state index in [1.165, 1.54) is 12.1 Å². The molecule has 20 heavy (non-hydrogen) atoms. The van der Waals surface area contributed by atoms with Crippen LogP contribution < -0.4 is 4.74 Å². The Bertz CT molecular complexity index is 664. The van der Waals surface area contributed by atoms with Crippen molar-refractivity contribution in [1.29, 1.82) is 0 Å². The molecule has 0 aliphatic rings. The van der Waals surface area contributed by atoms with Gasteiger partial charge in [0.2, 0.25) is 0 Å². The molecule has 0 aromatic heterocycles. The van der Waals surface area contributed by atoms with Crippen molar-refractivity contribution in [2.24, 2.45) is 0 Å². The number of nitrogens with zero attached hydrogens (tertiary/aromatic N) is 1. The van der Waals surface area contributed by atoms with Crippen molar-refractivity contribution < 1.29 is 9.66 Å². The van der Waals surface area contributed by atoms with E-state index in [9.17, 15) is 10.1 Å². The van der Waals surface area contributed by atoms with Crippen molar-refractivity contribution in [3.8, 4) is 5.75 Å². The van der Waals surface area contributed by atoms with Gasteiger partial charge >= 0.3 is 0 Å². The normalized spacial score (nSPS) is 10.3. The molecule has 0 heterocycles. The van der Waals surface area contributed by atoms with Crippen LogP contribution in [0.1, 0.15) is 5.56 Å². The molecule has 0 radical (unpaired) electrons. The van der Waals surface area contributed by atoms with Gasteiger partial charge in [-0.25, -0.2) is 0 Å². The fraction of sp³-hybridized carbons (Fsp3) is 0.0769. The summed E-state index contributed by atoms with van der Waals surface area (Å²) in [7, 11) is 0. The van der Waals surface area contributed by atoms with Gasteiger partial charge in [-0.15, -0.1) is 0 Å². The molecule has 0 amide bonds. The molecule has 2 aromatic carbocycles. The first-order chi connectivity index (χ1) is 9.49. The topological polar surface area (TPSA) is 52.4 Å². The molecule has 4 nitrogen and oxygen atoms in total. The van der Waals surface area contributed by atoms with Crippen LogP contribution in [0.15, 0.2) is 40.9 Å². The fourth-order valence-electron chi connectivity index (χ4n) is 1.53. The van der Waals surface area contributed by atoms with Gasteiger partial charge in [-0.2, -0.15) is 0 Å². The Morgan fingerprint density at radius 3 is 2.70 bits per heavy atom. The lowest BCUT2D eigenvalue weighted by Crippen LogP contribution is -1.98. The van der Waals surface area contributed by atoms with E-state index in [-0.39, 0.29) is 12.3 Å². The van der Waals surface area contributed by atoms with Gasteiger partial charge in [-0.1, -0.05) is 35.3 Å². The van der Waals surface area contributed by atoms with Crippen molar-refractivity contribution in [3.05, 3.63) is 66.6 Å². The number of nitro groups is 1. The number of hydrogen-bond donors (Lipinski definition) is 0. The Labute approximate surface area is 133 Å². The van der Waals surface area contributed by atoms with E-state index in [0.717, 1.165) is 0 Å². The maximum absolute atomic E-state index is 10.7. The molecule has 0 atom stereocenters. The summed E-state index contributed by atoms with van der Waals surface area (Å²) in [6.45, 7) is 0.166. The van der Waals surface area contributed by atoms with E-state index < -0.39 is 4.92 Å². The molecule has 2 aromatic rings. The first-order valence-electron chi connectivity index (χ1n) is 5.48. The molecule has 0 unspecified atom stereocenters. The Kier molecular flexibility index (Phi) is 4.86. The lowest BCUT2D eigenvalue weighted by atomic mass is 10.2. The zero-order chi connectivity index (χ0) is 14.7. The van der Waals surface area contributed by atoms with E-state index in [0.29, 0.717) is 25.8 Å². The summed E-state index contributed by atoms with van der Waals surface area (Å²) in [5, 5.41) is 11.6. The van der Waals surface area contributed by atoms with Gasteiger partial charge in [0.1, 0.15) is 12.4 Å². The highest BCUT2D eigenvalue weighted by Crippen LogP contribution is 2.31. The van der Waals surface area contributed by atoms with Gasteiger partial charge in [-0.3, -0.25) is 10.1 Å². The summed E-state index contributed by atoms with van der Waals surface area (Å²) in [4.78, 5) is 10.3. The second-order valence-electron chi connectivity index (χ2n) is 3.87. The lowest BCUT2D eigenvalue weighted by Gasteiger charge is -2.10. The molecular weight excluding hydrogens is 369 g/mol. The number of ether oxygens (including phenoxy) is 1. The summed E-state index contributed by atoms with van der Waals surface area (Å²) in [6.07, 6.45) is 0. The quantitative estimate of drug-likeness (QED) is 0.541. The Hall–Kier alpha value is -1.30. The van der Waals surface area contributed by atoms with Crippen LogP contribution in [0.4, 0.5) is 5.69 Å². The number of benzene rings is 2. The minimum Gasteiger partial charge on any atom is -0.487 e. The third-order valence-electron chi connectivity index (χ3n) is 2.54. The molecule has 104 valence electrons. The fourth-order valence-corrected chi connectivity index (χ4v) is 2.27. The molecule has 0 spiro atoms.